The number of ether oxygens (including phenoxy) is 3. The van der Waals surface area contributed by atoms with Crippen molar-refractivity contribution in [2.45, 2.75) is 58.1 Å². The molecule has 5 heteroatoms. The summed E-state index contributed by atoms with van der Waals surface area (Å²) in [6.45, 7) is 6.51. The fourth-order valence-corrected chi connectivity index (χ4v) is 4.96. The van der Waals surface area contributed by atoms with E-state index in [1.807, 2.05) is 44.2 Å². The number of nitrogens with one attached hydrogen (secondary N) is 1. The number of fused-ring (bicyclic) bond motifs is 2. The average Bonchev–Trinajstić information content (AvgIpc) is 2.80. The molecule has 1 spiro atoms. The summed E-state index contributed by atoms with van der Waals surface area (Å²) in [4.78, 5) is 12.7. The summed E-state index contributed by atoms with van der Waals surface area (Å²) >= 11 is 0. The van der Waals surface area contributed by atoms with E-state index in [0.717, 1.165) is 55.7 Å². The van der Waals surface area contributed by atoms with E-state index in [-0.39, 0.29) is 17.4 Å². The maximum Gasteiger partial charge on any atom is 0.309 e. The molecule has 1 aliphatic heterocycles. The van der Waals surface area contributed by atoms with Crippen LogP contribution in [-0.2, 0) is 28.1 Å². The van der Waals surface area contributed by atoms with E-state index in [2.05, 4.69) is 17.4 Å². The van der Waals surface area contributed by atoms with Crippen LogP contribution in [0, 0.1) is 5.92 Å². The van der Waals surface area contributed by atoms with Gasteiger partial charge in [0.05, 0.1) is 19.1 Å². The van der Waals surface area contributed by atoms with Gasteiger partial charge in [0.25, 0.3) is 0 Å². The number of rotatable bonds is 7. The van der Waals surface area contributed by atoms with Crippen molar-refractivity contribution >= 4 is 5.97 Å². The molecular weight excluding hydrogens is 390 g/mol. The molecule has 0 radical (unpaired) electrons. The highest BCUT2D eigenvalue weighted by atomic mass is 16.5. The maximum absolute atomic E-state index is 12.7. The summed E-state index contributed by atoms with van der Waals surface area (Å²) in [6, 6.07) is 14.2. The van der Waals surface area contributed by atoms with Crippen LogP contribution in [0.1, 0.15) is 56.2 Å². The Morgan fingerprint density at radius 2 is 1.71 bits per heavy atom. The molecule has 1 aliphatic carbocycles. The second-order valence-electron chi connectivity index (χ2n) is 8.45. The number of esters is 1. The second kappa shape index (κ2) is 9.73. The first-order valence-electron chi connectivity index (χ1n) is 11.5. The van der Waals surface area contributed by atoms with Crippen molar-refractivity contribution in [3.8, 4) is 11.5 Å². The van der Waals surface area contributed by atoms with E-state index >= 15 is 0 Å². The first kappa shape index (κ1) is 21.7. The summed E-state index contributed by atoms with van der Waals surface area (Å²) < 4.78 is 17.3. The number of hydrogen-bond donors (Lipinski definition) is 1. The lowest BCUT2D eigenvalue weighted by Crippen LogP contribution is -2.50. The van der Waals surface area contributed by atoms with Crippen molar-refractivity contribution in [2.75, 3.05) is 19.8 Å². The van der Waals surface area contributed by atoms with Gasteiger partial charge >= 0.3 is 5.97 Å². The molecule has 31 heavy (non-hydrogen) atoms. The zero-order valence-corrected chi connectivity index (χ0v) is 18.6. The highest BCUT2D eigenvalue weighted by Gasteiger charge is 2.42. The molecule has 0 aromatic heterocycles. The van der Waals surface area contributed by atoms with Crippen LogP contribution in [0.2, 0.25) is 0 Å². The zero-order chi connectivity index (χ0) is 21.7. The highest BCUT2D eigenvalue weighted by Crippen LogP contribution is 2.46. The Hall–Kier alpha value is -2.53. The van der Waals surface area contributed by atoms with Crippen LogP contribution in [0.4, 0.5) is 0 Å². The van der Waals surface area contributed by atoms with Crippen LogP contribution in [0.5, 0.6) is 11.5 Å². The number of carbonyl (C=O) groups excluding carboxylic acids is 1. The van der Waals surface area contributed by atoms with Gasteiger partial charge in [-0.1, -0.05) is 30.3 Å². The van der Waals surface area contributed by atoms with Crippen molar-refractivity contribution in [1.82, 2.24) is 5.32 Å². The van der Waals surface area contributed by atoms with Gasteiger partial charge in [-0.15, -0.1) is 0 Å². The number of benzene rings is 2. The summed E-state index contributed by atoms with van der Waals surface area (Å²) in [7, 11) is 0. The molecule has 0 amide bonds. The lowest BCUT2D eigenvalue weighted by atomic mass is 9.69. The summed E-state index contributed by atoms with van der Waals surface area (Å²) in [5, 5.41) is 3.78. The third-order valence-corrected chi connectivity index (χ3v) is 6.54. The Labute approximate surface area is 185 Å². The molecule has 1 N–H and O–H groups in total. The van der Waals surface area contributed by atoms with Crippen molar-refractivity contribution in [1.29, 1.82) is 0 Å². The molecule has 5 nitrogen and oxygen atoms in total. The molecule has 2 aliphatic rings. The van der Waals surface area contributed by atoms with E-state index in [1.54, 1.807) is 0 Å². The Kier molecular flexibility index (Phi) is 6.81. The zero-order valence-electron chi connectivity index (χ0n) is 18.6. The molecule has 4 rings (SSSR count). The minimum Gasteiger partial charge on any atom is -0.490 e. The number of hydrogen-bond acceptors (Lipinski definition) is 5. The fourth-order valence-electron chi connectivity index (χ4n) is 4.96. The third kappa shape index (κ3) is 4.72. The molecule has 0 bridgehead atoms. The van der Waals surface area contributed by atoms with Gasteiger partial charge in [0.15, 0.2) is 11.5 Å². The van der Waals surface area contributed by atoms with Gasteiger partial charge < -0.3 is 19.5 Å². The third-order valence-electron chi connectivity index (χ3n) is 6.54. The van der Waals surface area contributed by atoms with Gasteiger partial charge in [-0.3, -0.25) is 4.79 Å². The van der Waals surface area contributed by atoms with E-state index in [4.69, 9.17) is 14.2 Å². The van der Waals surface area contributed by atoms with E-state index in [9.17, 15) is 4.79 Å². The molecule has 2 aromatic carbocycles. The summed E-state index contributed by atoms with van der Waals surface area (Å²) in [5.74, 6) is 1.54. The van der Waals surface area contributed by atoms with Crippen molar-refractivity contribution in [2.24, 2.45) is 5.92 Å². The van der Waals surface area contributed by atoms with Gasteiger partial charge in [0, 0.05) is 12.1 Å². The van der Waals surface area contributed by atoms with E-state index in [0.29, 0.717) is 19.8 Å². The van der Waals surface area contributed by atoms with Gasteiger partial charge in [0.2, 0.25) is 0 Å². The van der Waals surface area contributed by atoms with Crippen LogP contribution in [0.15, 0.2) is 42.5 Å². The lowest BCUT2D eigenvalue weighted by Gasteiger charge is -2.45. The van der Waals surface area contributed by atoms with Crippen LogP contribution < -0.4 is 14.8 Å². The normalized spacial score (nSPS) is 22.6. The topological polar surface area (TPSA) is 56.8 Å². The molecule has 1 fully saturated rings. The summed E-state index contributed by atoms with van der Waals surface area (Å²) in [5.41, 5.74) is 3.57. The Balaban J connectivity index is 1.46. The van der Waals surface area contributed by atoms with E-state index < -0.39 is 0 Å². The summed E-state index contributed by atoms with van der Waals surface area (Å²) in [6.07, 6.45) is 4.48. The predicted molar refractivity (Wildman–Crippen MR) is 120 cm³/mol. The molecular formula is C26H33NO4. The molecule has 0 unspecified atom stereocenters. The standard InChI is InChI=1S/C26H33NO4/c1-3-29-23-16-21-12-15-27-26(22(21)17-24(23)30-4-2)13-10-20(11-14-26)25(28)31-18-19-8-6-5-7-9-19/h5-9,16-17,20,27H,3-4,10-15,18H2,1-2H3. The number of carbonyl (C=O) groups is 1. The van der Waals surface area contributed by atoms with Gasteiger partial charge in [-0.2, -0.15) is 0 Å². The van der Waals surface area contributed by atoms with Crippen LogP contribution in [-0.4, -0.2) is 25.7 Å². The lowest BCUT2D eigenvalue weighted by molar-refractivity contribution is -0.151. The monoisotopic (exact) mass is 423 g/mol. The Bertz CT molecular complexity index is 888. The Morgan fingerprint density at radius 1 is 1.03 bits per heavy atom. The molecule has 166 valence electrons. The maximum atomic E-state index is 12.7. The minimum atomic E-state index is -0.0968. The van der Waals surface area contributed by atoms with Crippen LogP contribution in [0.3, 0.4) is 0 Å². The predicted octanol–water partition coefficient (Wildman–Crippen LogP) is 4.76. The molecule has 1 heterocycles. The van der Waals surface area contributed by atoms with Crippen LogP contribution in [0.25, 0.3) is 0 Å². The van der Waals surface area contributed by atoms with Crippen LogP contribution >= 0.6 is 0 Å². The van der Waals surface area contributed by atoms with Crippen molar-refractivity contribution in [3.63, 3.8) is 0 Å². The average molecular weight is 424 g/mol. The molecule has 0 saturated heterocycles. The molecule has 0 atom stereocenters. The fraction of sp³-hybridized carbons (Fsp3) is 0.500. The smallest absolute Gasteiger partial charge is 0.309 e. The van der Waals surface area contributed by atoms with Gasteiger partial charge in [-0.05, 0) is 74.8 Å². The molecule has 2 aromatic rings. The minimum absolute atomic E-state index is 0.0319. The first-order chi connectivity index (χ1) is 15.1. The highest BCUT2D eigenvalue weighted by molar-refractivity contribution is 5.72. The van der Waals surface area contributed by atoms with Crippen molar-refractivity contribution < 1.29 is 19.0 Å². The van der Waals surface area contributed by atoms with Gasteiger partial charge in [0.1, 0.15) is 6.61 Å². The SMILES string of the molecule is CCOc1cc2c(cc1OCC)C1(CCC(C(=O)OCc3ccccc3)CC1)NCC2. The quantitative estimate of drug-likeness (QED) is 0.651. The first-order valence-corrected chi connectivity index (χ1v) is 11.5. The largest absolute Gasteiger partial charge is 0.490 e. The van der Waals surface area contributed by atoms with Crippen molar-refractivity contribution in [3.05, 3.63) is 59.2 Å². The second-order valence-corrected chi connectivity index (χ2v) is 8.45. The van der Waals surface area contributed by atoms with E-state index in [1.165, 1.54) is 11.1 Å². The van der Waals surface area contributed by atoms with Gasteiger partial charge in [-0.25, -0.2) is 0 Å². The molecule has 1 saturated carbocycles. The Morgan fingerprint density at radius 3 is 2.39 bits per heavy atom.